The minimum absolute atomic E-state index is 0.0957. The first-order valence-electron chi connectivity index (χ1n) is 5.25. The summed E-state index contributed by atoms with van der Waals surface area (Å²) in [6, 6.07) is 7.33. The molecule has 1 aromatic carbocycles. The number of hydrogen-bond acceptors (Lipinski definition) is 4. The van der Waals surface area contributed by atoms with Gasteiger partial charge in [0, 0.05) is 0 Å². The van der Waals surface area contributed by atoms with Crippen molar-refractivity contribution >= 4 is 5.97 Å². The highest BCUT2D eigenvalue weighted by molar-refractivity contribution is 5.71. The lowest BCUT2D eigenvalue weighted by Gasteiger charge is -2.11. The number of para-hydroxylation sites is 2. The van der Waals surface area contributed by atoms with Crippen molar-refractivity contribution in [1.29, 1.82) is 0 Å². The Labute approximate surface area is 94.1 Å². The van der Waals surface area contributed by atoms with Crippen LogP contribution in [0.1, 0.15) is 12.8 Å². The van der Waals surface area contributed by atoms with Crippen LogP contribution in [-0.4, -0.2) is 25.8 Å². The van der Waals surface area contributed by atoms with E-state index in [9.17, 15) is 4.79 Å². The molecule has 0 amide bonds. The molecule has 1 saturated carbocycles. The van der Waals surface area contributed by atoms with Gasteiger partial charge in [-0.05, 0) is 25.0 Å². The van der Waals surface area contributed by atoms with E-state index in [2.05, 4.69) is 4.74 Å². The molecule has 0 aromatic heterocycles. The summed E-state index contributed by atoms with van der Waals surface area (Å²) in [5.41, 5.74) is 0. The van der Waals surface area contributed by atoms with E-state index in [4.69, 9.17) is 9.47 Å². The third kappa shape index (κ3) is 2.89. The van der Waals surface area contributed by atoms with Gasteiger partial charge >= 0.3 is 5.97 Å². The van der Waals surface area contributed by atoms with Crippen LogP contribution in [0.4, 0.5) is 0 Å². The van der Waals surface area contributed by atoms with Gasteiger partial charge in [0.05, 0.1) is 13.2 Å². The molecule has 0 unspecified atom stereocenters. The zero-order valence-electron chi connectivity index (χ0n) is 9.14. The SMILES string of the molecule is COC(=O)COc1ccccc1OC1CC1. The molecule has 0 N–H and O–H groups in total. The number of ether oxygens (including phenoxy) is 3. The fourth-order valence-corrected chi connectivity index (χ4v) is 1.23. The number of carbonyl (C=O) groups is 1. The van der Waals surface area contributed by atoms with E-state index in [0.717, 1.165) is 12.8 Å². The maximum absolute atomic E-state index is 10.9. The van der Waals surface area contributed by atoms with E-state index < -0.39 is 5.97 Å². The minimum Gasteiger partial charge on any atom is -0.487 e. The highest BCUT2D eigenvalue weighted by Gasteiger charge is 2.24. The molecule has 0 atom stereocenters. The van der Waals surface area contributed by atoms with Crippen molar-refractivity contribution in [3.8, 4) is 11.5 Å². The molecule has 1 aromatic rings. The predicted molar refractivity (Wildman–Crippen MR) is 57.6 cm³/mol. The van der Waals surface area contributed by atoms with Crippen LogP contribution in [0.25, 0.3) is 0 Å². The van der Waals surface area contributed by atoms with E-state index in [-0.39, 0.29) is 6.61 Å². The van der Waals surface area contributed by atoms with Crippen LogP contribution in [0.5, 0.6) is 11.5 Å². The molecular formula is C12H14O4. The lowest BCUT2D eigenvalue weighted by Crippen LogP contribution is -2.13. The monoisotopic (exact) mass is 222 g/mol. The van der Waals surface area contributed by atoms with Crippen molar-refractivity contribution in [2.24, 2.45) is 0 Å². The summed E-state index contributed by atoms with van der Waals surface area (Å²) in [4.78, 5) is 10.9. The Morgan fingerprint density at radius 3 is 2.62 bits per heavy atom. The molecular weight excluding hydrogens is 208 g/mol. The van der Waals surface area contributed by atoms with Crippen molar-refractivity contribution in [3.05, 3.63) is 24.3 Å². The average molecular weight is 222 g/mol. The highest BCUT2D eigenvalue weighted by atomic mass is 16.6. The third-order valence-electron chi connectivity index (χ3n) is 2.24. The smallest absolute Gasteiger partial charge is 0.343 e. The maximum atomic E-state index is 10.9. The molecule has 1 fully saturated rings. The zero-order valence-corrected chi connectivity index (χ0v) is 9.14. The van der Waals surface area contributed by atoms with Gasteiger partial charge in [0.25, 0.3) is 0 Å². The third-order valence-corrected chi connectivity index (χ3v) is 2.24. The van der Waals surface area contributed by atoms with Gasteiger partial charge < -0.3 is 14.2 Å². The van der Waals surface area contributed by atoms with Crippen LogP contribution < -0.4 is 9.47 Å². The standard InChI is InChI=1S/C12H14O4/c1-14-12(13)8-15-10-4-2-3-5-11(10)16-9-6-7-9/h2-5,9H,6-8H2,1H3. The Hall–Kier alpha value is -1.71. The molecule has 0 spiro atoms. The largest absolute Gasteiger partial charge is 0.487 e. The summed E-state index contributed by atoms with van der Waals surface area (Å²) >= 11 is 0. The first-order chi connectivity index (χ1) is 7.79. The van der Waals surface area contributed by atoms with Crippen LogP contribution in [0.3, 0.4) is 0 Å². The van der Waals surface area contributed by atoms with Crippen molar-refractivity contribution in [3.63, 3.8) is 0 Å². The molecule has 2 rings (SSSR count). The molecule has 4 nitrogen and oxygen atoms in total. The Morgan fingerprint density at radius 2 is 2.00 bits per heavy atom. The van der Waals surface area contributed by atoms with Crippen LogP contribution in [0.15, 0.2) is 24.3 Å². The van der Waals surface area contributed by atoms with Crippen LogP contribution in [-0.2, 0) is 9.53 Å². The van der Waals surface area contributed by atoms with Crippen molar-refractivity contribution in [2.75, 3.05) is 13.7 Å². The van der Waals surface area contributed by atoms with E-state index in [1.807, 2.05) is 18.2 Å². The summed E-state index contributed by atoms with van der Waals surface area (Å²) in [5, 5.41) is 0. The number of esters is 1. The van der Waals surface area contributed by atoms with Crippen LogP contribution in [0.2, 0.25) is 0 Å². The summed E-state index contributed by atoms with van der Waals surface area (Å²) in [7, 11) is 1.33. The van der Waals surface area contributed by atoms with Gasteiger partial charge in [0.15, 0.2) is 18.1 Å². The number of hydrogen-bond donors (Lipinski definition) is 0. The molecule has 1 aliphatic rings. The first kappa shape index (κ1) is 10.8. The Morgan fingerprint density at radius 1 is 1.31 bits per heavy atom. The highest BCUT2D eigenvalue weighted by Crippen LogP contribution is 2.33. The van der Waals surface area contributed by atoms with Gasteiger partial charge in [0.1, 0.15) is 0 Å². The van der Waals surface area contributed by atoms with Gasteiger partial charge in [-0.25, -0.2) is 4.79 Å². The zero-order chi connectivity index (χ0) is 11.4. The maximum Gasteiger partial charge on any atom is 0.343 e. The Balaban J connectivity index is 1.97. The van der Waals surface area contributed by atoms with Crippen LogP contribution >= 0.6 is 0 Å². The lowest BCUT2D eigenvalue weighted by atomic mass is 10.3. The van der Waals surface area contributed by atoms with Gasteiger partial charge in [0.2, 0.25) is 0 Å². The molecule has 0 bridgehead atoms. The predicted octanol–water partition coefficient (Wildman–Crippen LogP) is 1.78. The number of rotatable bonds is 5. The topological polar surface area (TPSA) is 44.8 Å². The molecule has 0 radical (unpaired) electrons. The van der Waals surface area contributed by atoms with E-state index in [1.165, 1.54) is 7.11 Å². The number of carbonyl (C=O) groups excluding carboxylic acids is 1. The summed E-state index contributed by atoms with van der Waals surface area (Å²) in [6.45, 7) is -0.0957. The van der Waals surface area contributed by atoms with E-state index in [1.54, 1.807) is 6.07 Å². The Kier molecular flexibility index (Phi) is 3.29. The fourth-order valence-electron chi connectivity index (χ4n) is 1.23. The number of methoxy groups -OCH3 is 1. The van der Waals surface area contributed by atoms with Gasteiger partial charge in [-0.2, -0.15) is 0 Å². The second-order valence-electron chi connectivity index (χ2n) is 3.63. The van der Waals surface area contributed by atoms with Crippen molar-refractivity contribution in [2.45, 2.75) is 18.9 Å². The molecule has 0 heterocycles. The van der Waals surface area contributed by atoms with E-state index in [0.29, 0.717) is 17.6 Å². The van der Waals surface area contributed by atoms with Crippen LogP contribution in [0, 0.1) is 0 Å². The molecule has 0 aliphatic heterocycles. The molecule has 86 valence electrons. The summed E-state index contributed by atoms with van der Waals surface area (Å²) < 4.78 is 15.5. The minimum atomic E-state index is -0.402. The number of benzene rings is 1. The summed E-state index contributed by atoms with van der Waals surface area (Å²) in [6.07, 6.45) is 2.49. The lowest BCUT2D eigenvalue weighted by molar-refractivity contribution is -0.142. The van der Waals surface area contributed by atoms with Gasteiger partial charge in [-0.15, -0.1) is 0 Å². The Bertz CT molecular complexity index is 371. The summed E-state index contributed by atoms with van der Waals surface area (Å²) in [5.74, 6) is 0.870. The molecule has 16 heavy (non-hydrogen) atoms. The van der Waals surface area contributed by atoms with Gasteiger partial charge in [-0.1, -0.05) is 12.1 Å². The first-order valence-corrected chi connectivity index (χ1v) is 5.25. The fraction of sp³-hybridized carbons (Fsp3) is 0.417. The quantitative estimate of drug-likeness (QED) is 0.712. The van der Waals surface area contributed by atoms with E-state index >= 15 is 0 Å². The van der Waals surface area contributed by atoms with Crippen molar-refractivity contribution in [1.82, 2.24) is 0 Å². The molecule has 0 saturated heterocycles. The normalized spacial score (nSPS) is 14.3. The molecule has 1 aliphatic carbocycles. The molecule has 4 heteroatoms. The second-order valence-corrected chi connectivity index (χ2v) is 3.63. The van der Waals surface area contributed by atoms with Crippen molar-refractivity contribution < 1.29 is 19.0 Å². The average Bonchev–Trinajstić information content (AvgIpc) is 3.11. The van der Waals surface area contributed by atoms with Gasteiger partial charge in [-0.3, -0.25) is 0 Å². The second kappa shape index (κ2) is 4.88.